The highest BCUT2D eigenvalue weighted by Gasteiger charge is 1.95. The Bertz CT molecular complexity index is 171. The van der Waals surface area contributed by atoms with E-state index < -0.39 is 0 Å². The lowest BCUT2D eigenvalue weighted by atomic mass is 10.0. The van der Waals surface area contributed by atoms with Crippen molar-refractivity contribution in [2.75, 3.05) is 6.61 Å². The number of unbranched alkanes of at least 4 members (excludes halogenated alkanes) is 15. The Hall–Kier alpha value is 0.0969. The molecule has 0 unspecified atom stereocenters. The van der Waals surface area contributed by atoms with Crippen molar-refractivity contribution in [1.82, 2.24) is 0 Å². The molecule has 0 saturated heterocycles. The summed E-state index contributed by atoms with van der Waals surface area (Å²) < 4.78 is 4.15. The van der Waals surface area contributed by atoms with E-state index in [4.69, 9.17) is 4.89 Å². The molecule has 0 spiro atoms. The summed E-state index contributed by atoms with van der Waals surface area (Å²) in [6, 6.07) is 0. The van der Waals surface area contributed by atoms with Crippen LogP contribution in [0.5, 0.6) is 0 Å². The van der Waals surface area contributed by atoms with E-state index in [0.29, 0.717) is 6.61 Å². The average Bonchev–Trinajstić information content (AvgIpc) is 2.54. The van der Waals surface area contributed by atoms with Gasteiger partial charge in [-0.2, -0.15) is 0 Å². The first-order chi connectivity index (χ1) is 10.9. The summed E-state index contributed by atoms with van der Waals surface area (Å²) in [6.45, 7) is 2.88. The molecule has 3 radical (unpaired) electrons. The van der Waals surface area contributed by atoms with Crippen LogP contribution in [0.15, 0.2) is 0 Å². The Kier molecular flexibility index (Phi) is 21.2. The first-order valence-corrected chi connectivity index (χ1v) is 9.94. The Morgan fingerprint density at radius 1 is 0.545 bits per heavy atom. The summed E-state index contributed by atoms with van der Waals surface area (Å²) in [4.78, 5) is 4.73. The summed E-state index contributed by atoms with van der Waals surface area (Å²) in [5.74, 6) is 0. The van der Waals surface area contributed by atoms with Gasteiger partial charge < -0.3 is 0 Å². The zero-order chi connectivity index (χ0) is 16.1. The van der Waals surface area contributed by atoms with Crippen LogP contribution in [0, 0.1) is 0 Å². The summed E-state index contributed by atoms with van der Waals surface area (Å²) in [5, 5.41) is 4.27. The topological polar surface area (TPSA) is 27.7 Å². The molecule has 0 heterocycles. The van der Waals surface area contributed by atoms with Crippen LogP contribution in [0.2, 0.25) is 0 Å². The van der Waals surface area contributed by atoms with Gasteiger partial charge in [-0.1, -0.05) is 108 Å². The van der Waals surface area contributed by atoms with Crippen LogP contribution in [-0.4, -0.2) is 17.1 Å². The van der Waals surface area contributed by atoms with Crippen LogP contribution in [0.25, 0.3) is 0 Å². The van der Waals surface area contributed by atoms with Crippen LogP contribution < -0.4 is 0 Å². The Balaban J connectivity index is 2.91. The van der Waals surface area contributed by atoms with Crippen molar-refractivity contribution in [3.8, 4) is 0 Å². The van der Waals surface area contributed by atoms with Crippen molar-refractivity contribution >= 4 is 10.5 Å². The largest absolute Gasteiger partial charge is 0.307 e. The standard InChI is InChI=1S/C18H37O3Si/c1-2-3-4-5-6-7-8-9-10-11-12-13-14-15-16-17-18-19-20-21-22/h2-18H2,1H3. The van der Waals surface area contributed by atoms with Crippen LogP contribution in [0.1, 0.15) is 110 Å². The molecule has 4 heteroatoms. The minimum atomic E-state index is 0.600. The van der Waals surface area contributed by atoms with Crippen LogP contribution in [0.3, 0.4) is 0 Å². The first-order valence-electron chi connectivity index (χ1n) is 9.53. The summed E-state index contributed by atoms with van der Waals surface area (Å²) in [6.07, 6.45) is 22.0. The van der Waals surface area contributed by atoms with Crippen molar-refractivity contribution < 1.29 is 14.5 Å². The molecule has 0 N–H and O–H groups in total. The van der Waals surface area contributed by atoms with Crippen molar-refractivity contribution in [3.05, 3.63) is 0 Å². The number of hydrogen-bond donors (Lipinski definition) is 0. The lowest BCUT2D eigenvalue weighted by molar-refractivity contribution is -0.467. The van der Waals surface area contributed by atoms with Gasteiger partial charge in [0.25, 0.3) is 0 Å². The molecule has 0 aliphatic carbocycles. The molecule has 0 fully saturated rings. The maximum absolute atomic E-state index is 4.73. The lowest BCUT2D eigenvalue weighted by Crippen LogP contribution is -1.96. The van der Waals surface area contributed by atoms with Gasteiger partial charge in [-0.15, -0.1) is 0 Å². The minimum absolute atomic E-state index is 0.600. The first kappa shape index (κ1) is 22.1. The fraction of sp³-hybridized carbons (Fsp3) is 1.00. The van der Waals surface area contributed by atoms with Gasteiger partial charge in [0, 0.05) is 0 Å². The predicted octanol–water partition coefficient (Wildman–Crippen LogP) is 6.21. The molecule has 0 aromatic carbocycles. The summed E-state index contributed by atoms with van der Waals surface area (Å²) in [7, 11) is 2.70. The molecule has 0 aromatic heterocycles. The fourth-order valence-electron chi connectivity index (χ4n) is 2.77. The Morgan fingerprint density at radius 2 is 0.909 bits per heavy atom. The van der Waals surface area contributed by atoms with Gasteiger partial charge >= 0.3 is 10.5 Å². The van der Waals surface area contributed by atoms with Crippen molar-refractivity contribution in [2.24, 2.45) is 0 Å². The normalized spacial score (nSPS) is 11.2. The van der Waals surface area contributed by atoms with E-state index >= 15 is 0 Å². The second-order valence-corrected chi connectivity index (χ2v) is 6.44. The summed E-state index contributed by atoms with van der Waals surface area (Å²) in [5.41, 5.74) is 0. The maximum atomic E-state index is 4.73. The highest BCUT2D eigenvalue weighted by molar-refractivity contribution is 5.97. The molecule has 131 valence electrons. The van der Waals surface area contributed by atoms with Gasteiger partial charge in [-0.05, 0) is 6.42 Å². The van der Waals surface area contributed by atoms with Gasteiger partial charge in [-0.3, -0.25) is 4.58 Å². The van der Waals surface area contributed by atoms with E-state index in [9.17, 15) is 0 Å². The molecule has 0 aromatic rings. The van der Waals surface area contributed by atoms with E-state index in [1.54, 1.807) is 0 Å². The van der Waals surface area contributed by atoms with E-state index in [1.165, 1.54) is 96.3 Å². The highest BCUT2D eigenvalue weighted by Crippen LogP contribution is 2.13. The van der Waals surface area contributed by atoms with Gasteiger partial charge in [-0.25, -0.2) is 4.89 Å². The van der Waals surface area contributed by atoms with Gasteiger partial charge in [0.05, 0.1) is 6.61 Å². The zero-order valence-corrected chi connectivity index (χ0v) is 15.7. The second kappa shape index (κ2) is 21.1. The van der Waals surface area contributed by atoms with Crippen molar-refractivity contribution in [3.63, 3.8) is 0 Å². The third-order valence-corrected chi connectivity index (χ3v) is 4.23. The minimum Gasteiger partial charge on any atom is -0.259 e. The Morgan fingerprint density at radius 3 is 1.27 bits per heavy atom. The maximum Gasteiger partial charge on any atom is 0.307 e. The van der Waals surface area contributed by atoms with Crippen molar-refractivity contribution in [2.45, 2.75) is 110 Å². The number of rotatable bonds is 19. The molecule has 0 atom stereocenters. The van der Waals surface area contributed by atoms with E-state index in [0.717, 1.165) is 6.42 Å². The molecular weight excluding hydrogens is 292 g/mol. The molecule has 22 heavy (non-hydrogen) atoms. The van der Waals surface area contributed by atoms with E-state index in [1.807, 2.05) is 0 Å². The quantitative estimate of drug-likeness (QED) is 0.122. The summed E-state index contributed by atoms with van der Waals surface area (Å²) >= 11 is 0. The molecule has 0 aliphatic heterocycles. The smallest absolute Gasteiger partial charge is 0.259 e. The van der Waals surface area contributed by atoms with Crippen LogP contribution >= 0.6 is 0 Å². The SMILES string of the molecule is CCCCCCCCCCCCCCCCCCOOO[Si]. The van der Waals surface area contributed by atoms with E-state index in [2.05, 4.69) is 27.0 Å². The zero-order valence-electron chi connectivity index (χ0n) is 14.7. The Labute approximate surface area is 141 Å². The van der Waals surface area contributed by atoms with Gasteiger partial charge in [0.1, 0.15) is 0 Å². The molecular formula is C18H37O3Si. The number of hydrogen-bond acceptors (Lipinski definition) is 3. The molecule has 0 amide bonds. The van der Waals surface area contributed by atoms with E-state index in [-0.39, 0.29) is 0 Å². The molecule has 0 aliphatic rings. The van der Waals surface area contributed by atoms with Crippen LogP contribution in [-0.2, 0) is 14.5 Å². The highest BCUT2D eigenvalue weighted by atomic mass is 28.2. The molecule has 0 rings (SSSR count). The van der Waals surface area contributed by atoms with Crippen LogP contribution in [0.4, 0.5) is 0 Å². The fourth-order valence-corrected chi connectivity index (χ4v) is 2.82. The second-order valence-electron chi connectivity index (χ2n) is 6.28. The monoisotopic (exact) mass is 329 g/mol. The predicted molar refractivity (Wildman–Crippen MR) is 93.4 cm³/mol. The average molecular weight is 330 g/mol. The molecule has 0 saturated carbocycles. The van der Waals surface area contributed by atoms with Gasteiger partial charge in [0.2, 0.25) is 0 Å². The molecule has 0 bridgehead atoms. The lowest BCUT2D eigenvalue weighted by Gasteiger charge is -2.03. The molecule has 3 nitrogen and oxygen atoms in total. The third-order valence-electron chi connectivity index (χ3n) is 4.16. The van der Waals surface area contributed by atoms with Gasteiger partial charge in [0.15, 0.2) is 0 Å². The van der Waals surface area contributed by atoms with Crippen molar-refractivity contribution in [1.29, 1.82) is 0 Å². The third kappa shape index (κ3) is 20.1.